The lowest BCUT2D eigenvalue weighted by molar-refractivity contribution is 0.0787. The summed E-state index contributed by atoms with van der Waals surface area (Å²) < 4.78 is 40.2. The Morgan fingerprint density at radius 3 is 2.47 bits per heavy atom. The van der Waals surface area contributed by atoms with E-state index in [1.54, 1.807) is 36.2 Å². The molecule has 0 N–H and O–H groups in total. The van der Waals surface area contributed by atoms with Crippen LogP contribution >= 0.6 is 11.6 Å². The van der Waals surface area contributed by atoms with Gasteiger partial charge in [0.2, 0.25) is 0 Å². The second kappa shape index (κ2) is 12.0. The molecule has 0 aliphatic carbocycles. The Morgan fingerprint density at radius 2 is 1.81 bits per heavy atom. The zero-order chi connectivity index (χ0) is 23.7. The van der Waals surface area contributed by atoms with Crippen LogP contribution in [0.1, 0.15) is 37.0 Å². The molecule has 0 atom stereocenters. The largest absolute Gasteiger partial charge is 0.493 e. The van der Waals surface area contributed by atoms with Gasteiger partial charge < -0.3 is 19.1 Å². The highest BCUT2D eigenvalue weighted by atomic mass is 35.5. The molecule has 32 heavy (non-hydrogen) atoms. The van der Waals surface area contributed by atoms with E-state index in [1.807, 2.05) is 13.8 Å². The van der Waals surface area contributed by atoms with Gasteiger partial charge >= 0.3 is 0 Å². The molecular formula is C23H30ClNO6S. The minimum Gasteiger partial charge on any atom is -0.493 e. The normalized spacial score (nSPS) is 11.2. The molecule has 0 fully saturated rings. The van der Waals surface area contributed by atoms with Crippen LogP contribution in [0.2, 0.25) is 5.02 Å². The molecule has 2 rings (SSSR count). The van der Waals surface area contributed by atoms with Crippen molar-refractivity contribution in [3.05, 3.63) is 47.0 Å². The van der Waals surface area contributed by atoms with Gasteiger partial charge in [-0.3, -0.25) is 4.79 Å². The van der Waals surface area contributed by atoms with E-state index >= 15 is 0 Å². The monoisotopic (exact) mass is 483 g/mol. The smallest absolute Gasteiger partial charge is 0.253 e. The zero-order valence-electron chi connectivity index (χ0n) is 18.9. The van der Waals surface area contributed by atoms with Gasteiger partial charge in [-0.15, -0.1) is 0 Å². The van der Waals surface area contributed by atoms with Gasteiger partial charge in [-0.1, -0.05) is 24.6 Å². The van der Waals surface area contributed by atoms with Crippen LogP contribution in [0.4, 0.5) is 0 Å². The number of amides is 1. The fourth-order valence-electron chi connectivity index (χ4n) is 2.91. The van der Waals surface area contributed by atoms with E-state index in [0.717, 1.165) is 12.7 Å². The number of carbonyl (C=O) groups excluding carboxylic acids is 1. The molecule has 0 saturated heterocycles. The Balaban J connectivity index is 1.97. The van der Waals surface area contributed by atoms with Crippen molar-refractivity contribution in [3.8, 4) is 17.2 Å². The maximum Gasteiger partial charge on any atom is 0.253 e. The Morgan fingerprint density at radius 1 is 1.06 bits per heavy atom. The zero-order valence-corrected chi connectivity index (χ0v) is 20.5. The first kappa shape index (κ1) is 25.8. The van der Waals surface area contributed by atoms with Crippen LogP contribution < -0.4 is 14.2 Å². The maximum absolute atomic E-state index is 12.9. The molecule has 7 nitrogen and oxygen atoms in total. The first-order valence-corrected chi connectivity index (χ1v) is 12.7. The predicted molar refractivity (Wildman–Crippen MR) is 125 cm³/mol. The third-order valence-corrected chi connectivity index (χ3v) is 5.88. The van der Waals surface area contributed by atoms with E-state index in [2.05, 4.69) is 0 Å². The van der Waals surface area contributed by atoms with Crippen molar-refractivity contribution in [2.45, 2.75) is 31.6 Å². The molecule has 1 amide bonds. The third kappa shape index (κ3) is 7.31. The second-order valence-corrected chi connectivity index (χ2v) is 9.67. The average molecular weight is 484 g/mol. The molecule has 0 aromatic heterocycles. The molecule has 0 aliphatic heterocycles. The Hall–Kier alpha value is -2.45. The van der Waals surface area contributed by atoms with Crippen LogP contribution in [0, 0.1) is 0 Å². The summed E-state index contributed by atoms with van der Waals surface area (Å²) in [5.41, 5.74) is 0.409. The second-order valence-electron chi connectivity index (χ2n) is 7.24. The first-order valence-electron chi connectivity index (χ1n) is 10.4. The van der Waals surface area contributed by atoms with Crippen LogP contribution in [-0.2, 0) is 9.84 Å². The summed E-state index contributed by atoms with van der Waals surface area (Å²) in [6.07, 6.45) is 2.54. The number of nitrogens with zero attached hydrogens (tertiary/aromatic N) is 1. The number of rotatable bonds is 12. The van der Waals surface area contributed by atoms with Crippen molar-refractivity contribution in [2.24, 2.45) is 0 Å². The van der Waals surface area contributed by atoms with E-state index < -0.39 is 9.84 Å². The number of benzene rings is 2. The highest BCUT2D eigenvalue weighted by Crippen LogP contribution is 2.37. The molecule has 9 heteroatoms. The third-order valence-electron chi connectivity index (χ3n) is 4.49. The summed E-state index contributed by atoms with van der Waals surface area (Å²) in [5.74, 6) is 1.16. The minimum absolute atomic E-state index is 0.200. The van der Waals surface area contributed by atoms with Crippen LogP contribution in [0.25, 0.3) is 0 Å². The molecule has 0 radical (unpaired) electrons. The van der Waals surface area contributed by atoms with Gasteiger partial charge in [-0.25, -0.2) is 8.42 Å². The van der Waals surface area contributed by atoms with E-state index in [0.29, 0.717) is 60.6 Å². The van der Waals surface area contributed by atoms with Crippen molar-refractivity contribution >= 4 is 27.3 Å². The summed E-state index contributed by atoms with van der Waals surface area (Å²) in [5, 5.41) is 0.329. The summed E-state index contributed by atoms with van der Waals surface area (Å²) in [6, 6.07) is 9.57. The standard InChI is InChI=1S/C23H30ClNO6S/c1-5-12-31-22-20(24)14-17(15-21(22)29-6-2)23(26)25(3)11-8-13-30-18-9-7-10-19(16-18)32(4,27)28/h7,9-10,14-16H,5-6,8,11-13H2,1-4H3. The van der Waals surface area contributed by atoms with Gasteiger partial charge in [0.05, 0.1) is 29.7 Å². The summed E-state index contributed by atoms with van der Waals surface area (Å²) in [6.45, 7) is 5.54. The molecule has 0 bridgehead atoms. The average Bonchev–Trinajstić information content (AvgIpc) is 2.75. The highest BCUT2D eigenvalue weighted by Gasteiger charge is 2.19. The number of hydrogen-bond acceptors (Lipinski definition) is 6. The molecule has 0 spiro atoms. The van der Waals surface area contributed by atoms with Crippen molar-refractivity contribution < 1.29 is 27.4 Å². The quantitative estimate of drug-likeness (QED) is 0.414. The predicted octanol–water partition coefficient (Wildman–Crippen LogP) is 4.47. The van der Waals surface area contributed by atoms with Crippen molar-refractivity contribution in [3.63, 3.8) is 0 Å². The Kier molecular flexibility index (Phi) is 9.65. The molecule has 176 valence electrons. The van der Waals surface area contributed by atoms with Crippen molar-refractivity contribution in [1.82, 2.24) is 4.90 Å². The fourth-order valence-corrected chi connectivity index (χ4v) is 3.83. The highest BCUT2D eigenvalue weighted by molar-refractivity contribution is 7.90. The molecule has 2 aromatic carbocycles. The first-order chi connectivity index (χ1) is 15.2. The van der Waals surface area contributed by atoms with Gasteiger partial charge in [0, 0.05) is 25.4 Å². The lowest BCUT2D eigenvalue weighted by Gasteiger charge is -2.19. The van der Waals surface area contributed by atoms with Gasteiger partial charge in [-0.05, 0) is 50.1 Å². The Bertz CT molecular complexity index is 1030. The van der Waals surface area contributed by atoms with Crippen LogP contribution in [-0.4, -0.2) is 58.9 Å². The number of carbonyl (C=O) groups is 1. The van der Waals surface area contributed by atoms with E-state index in [4.69, 9.17) is 25.8 Å². The summed E-state index contributed by atoms with van der Waals surface area (Å²) in [4.78, 5) is 14.6. The summed E-state index contributed by atoms with van der Waals surface area (Å²) in [7, 11) is -1.60. The number of hydrogen-bond donors (Lipinski definition) is 0. The van der Waals surface area contributed by atoms with Gasteiger partial charge in [0.25, 0.3) is 5.91 Å². The van der Waals surface area contributed by atoms with E-state index in [1.165, 1.54) is 12.1 Å². The molecule has 0 aliphatic rings. The van der Waals surface area contributed by atoms with Crippen molar-refractivity contribution in [1.29, 1.82) is 0 Å². The van der Waals surface area contributed by atoms with E-state index in [-0.39, 0.29) is 10.8 Å². The van der Waals surface area contributed by atoms with Crippen LogP contribution in [0.3, 0.4) is 0 Å². The maximum atomic E-state index is 12.9. The van der Waals surface area contributed by atoms with Crippen LogP contribution in [0.5, 0.6) is 17.2 Å². The van der Waals surface area contributed by atoms with Crippen LogP contribution in [0.15, 0.2) is 41.3 Å². The number of halogens is 1. The van der Waals surface area contributed by atoms with Crippen molar-refractivity contribution in [2.75, 3.05) is 39.7 Å². The molecule has 2 aromatic rings. The number of ether oxygens (including phenoxy) is 3. The minimum atomic E-state index is -3.29. The lowest BCUT2D eigenvalue weighted by atomic mass is 10.1. The van der Waals surface area contributed by atoms with Gasteiger partial charge in [0.15, 0.2) is 21.3 Å². The van der Waals surface area contributed by atoms with E-state index in [9.17, 15) is 13.2 Å². The van der Waals surface area contributed by atoms with Gasteiger partial charge in [-0.2, -0.15) is 0 Å². The van der Waals surface area contributed by atoms with Gasteiger partial charge in [0.1, 0.15) is 5.75 Å². The molecule has 0 heterocycles. The topological polar surface area (TPSA) is 82.1 Å². The number of sulfone groups is 1. The Labute approximate surface area is 195 Å². The molecular weight excluding hydrogens is 454 g/mol. The SMILES string of the molecule is CCCOc1c(Cl)cc(C(=O)N(C)CCCOc2cccc(S(C)(=O)=O)c2)cc1OCC. The fraction of sp³-hybridized carbons (Fsp3) is 0.435. The lowest BCUT2D eigenvalue weighted by Crippen LogP contribution is -2.28. The summed E-state index contributed by atoms with van der Waals surface area (Å²) >= 11 is 6.36. The molecule has 0 saturated carbocycles. The molecule has 0 unspecified atom stereocenters.